The molecule has 1 aliphatic rings. The molecule has 0 aliphatic carbocycles. The molecule has 0 aromatic heterocycles. The zero-order chi connectivity index (χ0) is 11.4. The standard InChI is InChI=1S/C12H16N2OS/c1-3-9-8-16-12(13-9)14-10-4-6-11(15-2)7-5-10/h4-7,9H,3,8H2,1-2H3,(H,13,14). The first-order valence-corrected chi connectivity index (χ1v) is 6.42. The van der Waals surface area contributed by atoms with Gasteiger partial charge in [0, 0.05) is 11.4 Å². The summed E-state index contributed by atoms with van der Waals surface area (Å²) in [6, 6.07) is 8.37. The highest BCUT2D eigenvalue weighted by molar-refractivity contribution is 8.14. The van der Waals surface area contributed by atoms with Crippen LogP contribution in [-0.2, 0) is 0 Å². The minimum atomic E-state index is 0.478. The maximum Gasteiger partial charge on any atom is 0.161 e. The molecular formula is C12H16N2OS. The highest BCUT2D eigenvalue weighted by Crippen LogP contribution is 2.22. The van der Waals surface area contributed by atoms with Gasteiger partial charge in [0.25, 0.3) is 0 Å². The number of methoxy groups -OCH3 is 1. The molecule has 0 fully saturated rings. The van der Waals surface area contributed by atoms with Crippen molar-refractivity contribution in [2.45, 2.75) is 19.4 Å². The molecule has 0 amide bonds. The fourth-order valence-electron chi connectivity index (χ4n) is 1.49. The third kappa shape index (κ3) is 2.70. The summed E-state index contributed by atoms with van der Waals surface area (Å²) in [5, 5.41) is 4.34. The van der Waals surface area contributed by atoms with Gasteiger partial charge in [0.1, 0.15) is 5.75 Å². The molecule has 16 heavy (non-hydrogen) atoms. The molecular weight excluding hydrogens is 220 g/mol. The SMILES string of the molecule is CCC1CSC(Nc2ccc(OC)cc2)=N1. The van der Waals surface area contributed by atoms with Gasteiger partial charge in [0.15, 0.2) is 5.17 Å². The van der Waals surface area contributed by atoms with Crippen LogP contribution in [0.4, 0.5) is 5.69 Å². The Morgan fingerprint density at radius 2 is 2.19 bits per heavy atom. The summed E-state index contributed by atoms with van der Waals surface area (Å²) in [6.45, 7) is 2.17. The summed E-state index contributed by atoms with van der Waals surface area (Å²) < 4.78 is 5.11. The summed E-state index contributed by atoms with van der Waals surface area (Å²) >= 11 is 1.79. The second-order valence-corrected chi connectivity index (χ2v) is 4.67. The molecule has 0 radical (unpaired) electrons. The van der Waals surface area contributed by atoms with Crippen molar-refractivity contribution in [1.29, 1.82) is 0 Å². The molecule has 0 saturated heterocycles. The molecule has 1 aliphatic heterocycles. The van der Waals surface area contributed by atoms with E-state index in [1.165, 1.54) is 0 Å². The van der Waals surface area contributed by atoms with Crippen molar-refractivity contribution in [2.24, 2.45) is 4.99 Å². The fourth-order valence-corrected chi connectivity index (χ4v) is 2.56. The lowest BCUT2D eigenvalue weighted by Crippen LogP contribution is -2.05. The Morgan fingerprint density at radius 3 is 2.75 bits per heavy atom. The van der Waals surface area contributed by atoms with Gasteiger partial charge in [-0.15, -0.1) is 0 Å². The Kier molecular flexibility index (Phi) is 3.72. The van der Waals surface area contributed by atoms with E-state index in [4.69, 9.17) is 4.74 Å². The van der Waals surface area contributed by atoms with E-state index in [2.05, 4.69) is 17.2 Å². The van der Waals surface area contributed by atoms with Gasteiger partial charge in [-0.05, 0) is 30.7 Å². The molecule has 86 valence electrons. The van der Waals surface area contributed by atoms with E-state index >= 15 is 0 Å². The van der Waals surface area contributed by atoms with Crippen LogP contribution in [0.1, 0.15) is 13.3 Å². The van der Waals surface area contributed by atoms with E-state index in [-0.39, 0.29) is 0 Å². The van der Waals surface area contributed by atoms with Gasteiger partial charge in [-0.25, -0.2) is 0 Å². The number of benzene rings is 1. The lowest BCUT2D eigenvalue weighted by molar-refractivity contribution is 0.415. The summed E-state index contributed by atoms with van der Waals surface area (Å²) in [7, 11) is 1.67. The van der Waals surface area contributed by atoms with Crippen LogP contribution in [0.25, 0.3) is 0 Å². The van der Waals surface area contributed by atoms with Gasteiger partial charge in [0.05, 0.1) is 13.2 Å². The molecule has 0 spiro atoms. The van der Waals surface area contributed by atoms with E-state index in [0.717, 1.165) is 28.8 Å². The second kappa shape index (κ2) is 5.25. The van der Waals surface area contributed by atoms with Crippen LogP contribution in [0, 0.1) is 0 Å². The maximum atomic E-state index is 5.11. The van der Waals surface area contributed by atoms with Gasteiger partial charge in [0.2, 0.25) is 0 Å². The average molecular weight is 236 g/mol. The van der Waals surface area contributed by atoms with Crippen LogP contribution in [0.15, 0.2) is 29.3 Å². The molecule has 2 rings (SSSR count). The van der Waals surface area contributed by atoms with Gasteiger partial charge in [-0.1, -0.05) is 18.7 Å². The third-order valence-electron chi connectivity index (χ3n) is 2.52. The normalized spacial score (nSPS) is 19.4. The van der Waals surface area contributed by atoms with E-state index < -0.39 is 0 Å². The fraction of sp³-hybridized carbons (Fsp3) is 0.417. The second-order valence-electron chi connectivity index (χ2n) is 3.66. The number of nitrogens with zero attached hydrogens (tertiary/aromatic N) is 1. The predicted molar refractivity (Wildman–Crippen MR) is 70.6 cm³/mol. The number of anilines is 1. The Balaban J connectivity index is 1.99. The third-order valence-corrected chi connectivity index (χ3v) is 3.56. The summed E-state index contributed by atoms with van der Waals surface area (Å²) in [5.74, 6) is 1.97. The Morgan fingerprint density at radius 1 is 1.44 bits per heavy atom. The first-order valence-electron chi connectivity index (χ1n) is 5.43. The molecule has 3 nitrogen and oxygen atoms in total. The van der Waals surface area contributed by atoms with Crippen molar-refractivity contribution in [2.75, 3.05) is 18.2 Å². The van der Waals surface area contributed by atoms with Gasteiger partial charge >= 0.3 is 0 Å². The van der Waals surface area contributed by atoms with Crippen LogP contribution in [0.3, 0.4) is 0 Å². The minimum Gasteiger partial charge on any atom is -0.497 e. The first-order chi connectivity index (χ1) is 7.81. The van der Waals surface area contributed by atoms with Crippen molar-refractivity contribution in [3.8, 4) is 5.75 Å². The molecule has 1 aromatic carbocycles. The minimum absolute atomic E-state index is 0.478. The lowest BCUT2D eigenvalue weighted by Gasteiger charge is -2.05. The van der Waals surface area contributed by atoms with E-state index in [9.17, 15) is 0 Å². The highest BCUT2D eigenvalue weighted by Gasteiger charge is 2.16. The smallest absolute Gasteiger partial charge is 0.161 e. The van der Waals surface area contributed by atoms with Crippen molar-refractivity contribution in [3.63, 3.8) is 0 Å². The van der Waals surface area contributed by atoms with E-state index in [0.29, 0.717) is 6.04 Å². The number of rotatable bonds is 3. The highest BCUT2D eigenvalue weighted by atomic mass is 32.2. The lowest BCUT2D eigenvalue weighted by atomic mass is 10.3. The molecule has 0 bridgehead atoms. The molecule has 0 saturated carbocycles. The van der Waals surface area contributed by atoms with Gasteiger partial charge in [-0.2, -0.15) is 0 Å². The quantitative estimate of drug-likeness (QED) is 0.876. The number of thioether (sulfide) groups is 1. The molecule has 1 heterocycles. The Hall–Kier alpha value is -1.16. The van der Waals surface area contributed by atoms with Crippen molar-refractivity contribution in [3.05, 3.63) is 24.3 Å². The van der Waals surface area contributed by atoms with Crippen LogP contribution in [0.5, 0.6) is 5.75 Å². The predicted octanol–water partition coefficient (Wildman–Crippen LogP) is 2.99. The summed E-state index contributed by atoms with van der Waals surface area (Å²) in [5.41, 5.74) is 1.06. The number of amidine groups is 1. The first kappa shape index (κ1) is 11.3. The van der Waals surface area contributed by atoms with E-state index in [1.54, 1.807) is 18.9 Å². The Labute approximate surface area is 100 Å². The summed E-state index contributed by atoms with van der Waals surface area (Å²) in [6.07, 6.45) is 1.11. The van der Waals surface area contributed by atoms with Crippen LogP contribution >= 0.6 is 11.8 Å². The number of ether oxygens (including phenoxy) is 1. The Bertz CT molecular complexity index is 375. The van der Waals surface area contributed by atoms with Crippen LogP contribution < -0.4 is 10.1 Å². The zero-order valence-corrected chi connectivity index (χ0v) is 10.4. The van der Waals surface area contributed by atoms with Gasteiger partial charge in [-0.3, -0.25) is 4.99 Å². The maximum absolute atomic E-state index is 5.11. The number of hydrogen-bond acceptors (Lipinski definition) is 4. The van der Waals surface area contributed by atoms with E-state index in [1.807, 2.05) is 24.3 Å². The number of aliphatic imine (C=N–C) groups is 1. The average Bonchev–Trinajstić information content (AvgIpc) is 2.78. The molecule has 4 heteroatoms. The molecule has 1 unspecified atom stereocenters. The van der Waals surface area contributed by atoms with Crippen molar-refractivity contribution < 1.29 is 4.74 Å². The molecule has 1 N–H and O–H groups in total. The molecule has 1 atom stereocenters. The summed E-state index contributed by atoms with van der Waals surface area (Å²) in [4.78, 5) is 4.58. The zero-order valence-electron chi connectivity index (χ0n) is 9.56. The number of nitrogens with one attached hydrogen (secondary N) is 1. The van der Waals surface area contributed by atoms with Crippen molar-refractivity contribution >= 4 is 22.6 Å². The van der Waals surface area contributed by atoms with Crippen LogP contribution in [-0.4, -0.2) is 24.1 Å². The monoisotopic (exact) mass is 236 g/mol. The van der Waals surface area contributed by atoms with Gasteiger partial charge < -0.3 is 10.1 Å². The molecule has 1 aromatic rings. The topological polar surface area (TPSA) is 33.6 Å². The van der Waals surface area contributed by atoms with Crippen molar-refractivity contribution in [1.82, 2.24) is 0 Å². The van der Waals surface area contributed by atoms with Crippen LogP contribution in [0.2, 0.25) is 0 Å². The largest absolute Gasteiger partial charge is 0.497 e. The number of hydrogen-bond donors (Lipinski definition) is 1.